The molecule has 0 unspecified atom stereocenters. The third-order valence-electron chi connectivity index (χ3n) is 5.59. The number of benzene rings is 2. The standard InChI is InChI=1S/2C14H11N3O2.C2H6/c18-14-5-6-15-9-17(14)8-11-1-3-12(4-2-11)13-7-16-10-19-13;18-13-5-6-15-10-17(13)9-11-1-3-12(4-2-11)14-16-7-8-19-14;1-2/h1-7,9-10H,8H2;1-8,10H,9H2;1-2H3. The van der Waals surface area contributed by atoms with Crippen molar-refractivity contribution in [3.63, 3.8) is 0 Å². The van der Waals surface area contributed by atoms with Gasteiger partial charge in [0, 0.05) is 35.7 Å². The van der Waals surface area contributed by atoms with Crippen molar-refractivity contribution in [1.29, 1.82) is 0 Å². The molecule has 10 nitrogen and oxygen atoms in total. The summed E-state index contributed by atoms with van der Waals surface area (Å²) in [6.45, 7) is 5.00. The number of rotatable bonds is 6. The second kappa shape index (κ2) is 14.0. The fraction of sp³-hybridized carbons (Fsp3) is 0.133. The van der Waals surface area contributed by atoms with Gasteiger partial charge in [-0.2, -0.15) is 0 Å². The maximum Gasteiger partial charge on any atom is 0.253 e. The molecule has 6 aromatic rings. The minimum Gasteiger partial charge on any atom is -0.445 e. The van der Waals surface area contributed by atoms with Gasteiger partial charge in [-0.3, -0.25) is 18.7 Å². The van der Waals surface area contributed by atoms with E-state index in [1.165, 1.54) is 43.6 Å². The predicted octanol–water partition coefficient (Wildman–Crippen LogP) is 4.92. The van der Waals surface area contributed by atoms with Crippen LogP contribution in [-0.4, -0.2) is 29.1 Å². The lowest BCUT2D eigenvalue weighted by Gasteiger charge is -2.05. The zero-order chi connectivity index (χ0) is 28.2. The summed E-state index contributed by atoms with van der Waals surface area (Å²) < 4.78 is 13.6. The SMILES string of the molecule is CC.O=c1ccncn1Cc1ccc(-c2cnco2)cc1.O=c1ccncn1Cc1ccc(-c2ncco2)cc1. The number of oxazole rings is 2. The molecule has 0 aliphatic carbocycles. The molecule has 0 N–H and O–H groups in total. The molecule has 0 saturated carbocycles. The molecule has 0 saturated heterocycles. The van der Waals surface area contributed by atoms with Gasteiger partial charge in [0.15, 0.2) is 12.2 Å². The van der Waals surface area contributed by atoms with Crippen molar-refractivity contribution in [2.45, 2.75) is 26.9 Å². The summed E-state index contributed by atoms with van der Waals surface area (Å²) in [4.78, 5) is 39.0. The maximum atomic E-state index is 11.6. The Morgan fingerprint density at radius 2 is 1.20 bits per heavy atom. The van der Waals surface area contributed by atoms with Gasteiger partial charge in [0.05, 0.1) is 38.1 Å². The largest absolute Gasteiger partial charge is 0.445 e. The second-order valence-electron chi connectivity index (χ2n) is 8.19. The lowest BCUT2D eigenvalue weighted by Crippen LogP contribution is -2.19. The van der Waals surface area contributed by atoms with Crippen LogP contribution in [0.15, 0.2) is 129 Å². The van der Waals surface area contributed by atoms with E-state index in [4.69, 9.17) is 8.83 Å². The highest BCUT2D eigenvalue weighted by Crippen LogP contribution is 2.19. The van der Waals surface area contributed by atoms with Gasteiger partial charge in [-0.05, 0) is 23.3 Å². The first-order valence-electron chi connectivity index (χ1n) is 12.6. The summed E-state index contributed by atoms with van der Waals surface area (Å²) in [6, 6.07) is 18.4. The first-order valence-corrected chi connectivity index (χ1v) is 12.6. The number of nitrogens with zero attached hydrogens (tertiary/aromatic N) is 6. The summed E-state index contributed by atoms with van der Waals surface area (Å²) in [5.74, 6) is 1.31. The van der Waals surface area contributed by atoms with Gasteiger partial charge in [0.2, 0.25) is 5.89 Å². The Labute approximate surface area is 230 Å². The maximum absolute atomic E-state index is 11.6. The quantitative estimate of drug-likeness (QED) is 0.294. The fourth-order valence-electron chi connectivity index (χ4n) is 3.64. The van der Waals surface area contributed by atoms with Crippen LogP contribution < -0.4 is 11.1 Å². The normalized spacial score (nSPS) is 10.2. The van der Waals surface area contributed by atoms with Crippen LogP contribution in [0.25, 0.3) is 22.8 Å². The first-order chi connectivity index (χ1) is 19.7. The lowest BCUT2D eigenvalue weighted by molar-refractivity contribution is 0.572. The van der Waals surface area contributed by atoms with E-state index < -0.39 is 0 Å². The van der Waals surface area contributed by atoms with E-state index in [-0.39, 0.29) is 11.1 Å². The van der Waals surface area contributed by atoms with Crippen LogP contribution in [0.3, 0.4) is 0 Å². The predicted molar refractivity (Wildman–Crippen MR) is 150 cm³/mol. The van der Waals surface area contributed by atoms with Gasteiger partial charge in [-0.1, -0.05) is 50.2 Å². The van der Waals surface area contributed by atoms with E-state index in [2.05, 4.69) is 19.9 Å². The molecular weight excluding hydrogens is 508 g/mol. The van der Waals surface area contributed by atoms with Crippen molar-refractivity contribution in [3.8, 4) is 22.8 Å². The van der Waals surface area contributed by atoms with Crippen LogP contribution in [0.2, 0.25) is 0 Å². The van der Waals surface area contributed by atoms with Crippen LogP contribution in [0.5, 0.6) is 0 Å². The van der Waals surface area contributed by atoms with Crippen molar-refractivity contribution in [2.24, 2.45) is 0 Å². The minimum atomic E-state index is -0.0632. The minimum absolute atomic E-state index is 0.0608. The van der Waals surface area contributed by atoms with Crippen molar-refractivity contribution in [1.82, 2.24) is 29.1 Å². The third-order valence-corrected chi connectivity index (χ3v) is 5.59. The average Bonchev–Trinajstić information content (AvgIpc) is 3.74. The molecule has 0 spiro atoms. The van der Waals surface area contributed by atoms with E-state index in [0.29, 0.717) is 19.0 Å². The number of aromatic nitrogens is 6. The van der Waals surface area contributed by atoms with Gasteiger partial charge in [-0.25, -0.2) is 19.9 Å². The summed E-state index contributed by atoms with van der Waals surface area (Å²) in [7, 11) is 0. The molecule has 4 aromatic heterocycles. The molecule has 0 aliphatic heterocycles. The molecule has 40 heavy (non-hydrogen) atoms. The Kier molecular flexibility index (Phi) is 9.65. The molecule has 0 bridgehead atoms. The number of hydrogen-bond acceptors (Lipinski definition) is 8. The van der Waals surface area contributed by atoms with Gasteiger partial charge >= 0.3 is 0 Å². The molecule has 4 heterocycles. The topological polar surface area (TPSA) is 122 Å². The summed E-state index contributed by atoms with van der Waals surface area (Å²) in [6.07, 6.45) is 12.3. The zero-order valence-electron chi connectivity index (χ0n) is 22.1. The molecular formula is C30H28N6O4. The van der Waals surface area contributed by atoms with Gasteiger partial charge in [0.1, 0.15) is 6.26 Å². The van der Waals surface area contributed by atoms with Crippen LogP contribution >= 0.6 is 0 Å². The highest BCUT2D eigenvalue weighted by molar-refractivity contribution is 5.56. The van der Waals surface area contributed by atoms with E-state index in [9.17, 15) is 9.59 Å². The van der Waals surface area contributed by atoms with Crippen LogP contribution in [0.1, 0.15) is 25.0 Å². The van der Waals surface area contributed by atoms with Gasteiger partial charge in [-0.15, -0.1) is 0 Å². The second-order valence-corrected chi connectivity index (χ2v) is 8.19. The highest BCUT2D eigenvalue weighted by Gasteiger charge is 2.04. The van der Waals surface area contributed by atoms with E-state index in [1.807, 2.05) is 62.4 Å². The van der Waals surface area contributed by atoms with Gasteiger partial charge < -0.3 is 8.83 Å². The molecule has 2 aromatic carbocycles. The van der Waals surface area contributed by atoms with E-state index in [0.717, 1.165) is 28.0 Å². The number of hydrogen-bond donors (Lipinski definition) is 0. The fourth-order valence-corrected chi connectivity index (χ4v) is 3.64. The smallest absolute Gasteiger partial charge is 0.253 e. The van der Waals surface area contributed by atoms with E-state index in [1.54, 1.807) is 27.8 Å². The first kappa shape index (κ1) is 27.6. The van der Waals surface area contributed by atoms with Crippen LogP contribution in [0, 0.1) is 0 Å². The summed E-state index contributed by atoms with van der Waals surface area (Å²) >= 11 is 0. The summed E-state index contributed by atoms with van der Waals surface area (Å²) in [5, 5.41) is 0. The zero-order valence-corrected chi connectivity index (χ0v) is 22.1. The molecule has 6 rings (SSSR count). The molecule has 0 aliphatic rings. The molecule has 10 heteroatoms. The van der Waals surface area contributed by atoms with Crippen molar-refractivity contribution in [2.75, 3.05) is 0 Å². The molecule has 0 radical (unpaired) electrons. The Hall–Kier alpha value is -5.38. The molecule has 0 amide bonds. The Bertz CT molecular complexity index is 1560. The lowest BCUT2D eigenvalue weighted by atomic mass is 10.1. The van der Waals surface area contributed by atoms with Crippen molar-refractivity contribution >= 4 is 0 Å². The Morgan fingerprint density at radius 1 is 0.650 bits per heavy atom. The summed E-state index contributed by atoms with van der Waals surface area (Å²) in [5.41, 5.74) is 3.79. The average molecular weight is 537 g/mol. The molecule has 0 fully saturated rings. The molecule has 0 atom stereocenters. The van der Waals surface area contributed by atoms with Crippen molar-refractivity contribution < 1.29 is 8.83 Å². The third kappa shape index (κ3) is 7.35. The Balaban J connectivity index is 0.000000174. The Morgan fingerprint density at radius 3 is 1.65 bits per heavy atom. The van der Waals surface area contributed by atoms with Crippen molar-refractivity contribution in [3.05, 3.63) is 143 Å². The highest BCUT2D eigenvalue weighted by atomic mass is 16.3. The monoisotopic (exact) mass is 536 g/mol. The van der Waals surface area contributed by atoms with Crippen LogP contribution in [0.4, 0.5) is 0 Å². The van der Waals surface area contributed by atoms with Gasteiger partial charge in [0.25, 0.3) is 11.1 Å². The van der Waals surface area contributed by atoms with Crippen LogP contribution in [-0.2, 0) is 13.1 Å². The van der Waals surface area contributed by atoms with E-state index >= 15 is 0 Å². The molecule has 202 valence electrons.